The van der Waals surface area contributed by atoms with Crippen LogP contribution in [0.4, 0.5) is 5.82 Å². The molecule has 0 aliphatic carbocycles. The Balaban J connectivity index is 1.98. The molecule has 0 unspecified atom stereocenters. The average Bonchev–Trinajstić information content (AvgIpc) is 2.39. The zero-order chi connectivity index (χ0) is 13.7. The van der Waals surface area contributed by atoms with Gasteiger partial charge in [-0.2, -0.15) is 0 Å². The normalized spacial score (nSPS) is 15.9. The maximum absolute atomic E-state index is 11.6. The summed E-state index contributed by atoms with van der Waals surface area (Å²) < 4.78 is 23.2. The molecule has 0 saturated heterocycles. The summed E-state index contributed by atoms with van der Waals surface area (Å²) in [5, 5.41) is 6.38. The lowest BCUT2D eigenvalue weighted by Gasteiger charge is -2.15. The number of aromatic nitrogens is 1. The van der Waals surface area contributed by atoms with Gasteiger partial charge in [-0.15, -0.1) is 0 Å². The summed E-state index contributed by atoms with van der Waals surface area (Å²) in [4.78, 5) is 4.36. The summed E-state index contributed by atoms with van der Waals surface area (Å²) >= 11 is 0. The van der Waals surface area contributed by atoms with E-state index in [1.807, 2.05) is 0 Å². The quantitative estimate of drug-likeness (QED) is 0.794. The van der Waals surface area contributed by atoms with Gasteiger partial charge in [-0.25, -0.2) is 13.4 Å². The van der Waals surface area contributed by atoms with Crippen LogP contribution < -0.4 is 10.6 Å². The van der Waals surface area contributed by atoms with Crippen molar-refractivity contribution in [3.63, 3.8) is 0 Å². The SMILES string of the molecule is CS(=O)(=O)c1cccnc1NCCC1=CCNCC1. The van der Waals surface area contributed by atoms with Crippen molar-refractivity contribution in [1.29, 1.82) is 0 Å². The Morgan fingerprint density at radius 1 is 1.47 bits per heavy atom. The maximum atomic E-state index is 11.6. The second kappa shape index (κ2) is 6.16. The summed E-state index contributed by atoms with van der Waals surface area (Å²) in [6.07, 6.45) is 6.97. The van der Waals surface area contributed by atoms with Crippen LogP contribution in [-0.2, 0) is 9.84 Å². The van der Waals surface area contributed by atoms with Crippen LogP contribution in [-0.4, -0.2) is 39.3 Å². The average molecular weight is 281 g/mol. The van der Waals surface area contributed by atoms with Gasteiger partial charge in [0.15, 0.2) is 9.84 Å². The van der Waals surface area contributed by atoms with Crippen molar-refractivity contribution in [2.24, 2.45) is 0 Å². The predicted molar refractivity (Wildman–Crippen MR) is 76.0 cm³/mol. The van der Waals surface area contributed by atoms with Crippen molar-refractivity contribution in [2.75, 3.05) is 31.2 Å². The number of hydrogen-bond donors (Lipinski definition) is 2. The van der Waals surface area contributed by atoms with Crippen LogP contribution in [0.25, 0.3) is 0 Å². The molecule has 0 amide bonds. The molecule has 0 spiro atoms. The largest absolute Gasteiger partial charge is 0.369 e. The van der Waals surface area contributed by atoms with Gasteiger partial charge in [0.25, 0.3) is 0 Å². The number of nitrogens with zero attached hydrogens (tertiary/aromatic N) is 1. The van der Waals surface area contributed by atoms with Gasteiger partial charge in [0, 0.05) is 25.5 Å². The summed E-state index contributed by atoms with van der Waals surface area (Å²) in [7, 11) is -3.24. The van der Waals surface area contributed by atoms with Gasteiger partial charge in [0.2, 0.25) is 0 Å². The zero-order valence-electron chi connectivity index (χ0n) is 11.0. The van der Waals surface area contributed by atoms with E-state index in [2.05, 4.69) is 21.7 Å². The third-order valence-electron chi connectivity index (χ3n) is 3.07. The topological polar surface area (TPSA) is 71.1 Å². The molecule has 0 saturated carbocycles. The fourth-order valence-electron chi connectivity index (χ4n) is 2.06. The van der Waals surface area contributed by atoms with Crippen molar-refractivity contribution in [1.82, 2.24) is 10.3 Å². The highest BCUT2D eigenvalue weighted by Crippen LogP contribution is 2.18. The highest BCUT2D eigenvalue weighted by molar-refractivity contribution is 7.90. The van der Waals surface area contributed by atoms with Gasteiger partial charge >= 0.3 is 0 Å². The second-order valence-electron chi connectivity index (χ2n) is 4.62. The summed E-state index contributed by atoms with van der Waals surface area (Å²) in [5.74, 6) is 0.444. The van der Waals surface area contributed by atoms with Crippen molar-refractivity contribution >= 4 is 15.7 Å². The van der Waals surface area contributed by atoms with Crippen LogP contribution in [0.3, 0.4) is 0 Å². The Bertz CT molecular complexity index is 567. The number of anilines is 1. The summed E-state index contributed by atoms with van der Waals surface area (Å²) in [5.41, 5.74) is 1.41. The molecule has 1 aromatic rings. The van der Waals surface area contributed by atoms with E-state index in [0.717, 1.165) is 25.9 Å². The van der Waals surface area contributed by atoms with E-state index in [1.54, 1.807) is 18.3 Å². The van der Waals surface area contributed by atoms with Gasteiger partial charge in [-0.3, -0.25) is 0 Å². The second-order valence-corrected chi connectivity index (χ2v) is 6.60. The number of pyridine rings is 1. The van der Waals surface area contributed by atoms with Crippen molar-refractivity contribution in [2.45, 2.75) is 17.7 Å². The van der Waals surface area contributed by atoms with Gasteiger partial charge in [0.1, 0.15) is 10.7 Å². The molecular formula is C13H19N3O2S. The van der Waals surface area contributed by atoms with Crippen LogP contribution in [0.2, 0.25) is 0 Å². The van der Waals surface area contributed by atoms with Gasteiger partial charge in [-0.05, 0) is 31.5 Å². The molecule has 2 heterocycles. The molecule has 1 aliphatic rings. The first kappa shape index (κ1) is 14.0. The number of rotatable bonds is 5. The van der Waals surface area contributed by atoms with E-state index in [0.29, 0.717) is 12.4 Å². The lowest BCUT2D eigenvalue weighted by Crippen LogP contribution is -2.21. The number of nitrogens with one attached hydrogen (secondary N) is 2. The highest BCUT2D eigenvalue weighted by Gasteiger charge is 2.13. The molecule has 2 N–H and O–H groups in total. The molecule has 5 nitrogen and oxygen atoms in total. The first-order valence-corrected chi connectivity index (χ1v) is 8.24. The smallest absolute Gasteiger partial charge is 0.179 e. The standard InChI is InChI=1S/C13H19N3O2S/c1-19(17,18)12-3-2-7-15-13(12)16-10-6-11-4-8-14-9-5-11/h2-4,7,14H,5-6,8-10H2,1H3,(H,15,16). The minimum absolute atomic E-state index is 0.259. The highest BCUT2D eigenvalue weighted by atomic mass is 32.2. The van der Waals surface area contributed by atoms with E-state index < -0.39 is 9.84 Å². The van der Waals surface area contributed by atoms with Gasteiger partial charge in [0.05, 0.1) is 0 Å². The lowest BCUT2D eigenvalue weighted by molar-refractivity contribution is 0.601. The lowest BCUT2D eigenvalue weighted by atomic mass is 10.1. The summed E-state index contributed by atoms with van der Waals surface area (Å²) in [6.45, 7) is 2.64. The van der Waals surface area contributed by atoms with Crippen LogP contribution in [0.1, 0.15) is 12.8 Å². The van der Waals surface area contributed by atoms with E-state index in [9.17, 15) is 8.42 Å². The molecular weight excluding hydrogens is 262 g/mol. The fraction of sp³-hybridized carbons (Fsp3) is 0.462. The molecule has 6 heteroatoms. The minimum Gasteiger partial charge on any atom is -0.369 e. The molecule has 2 rings (SSSR count). The predicted octanol–water partition coefficient (Wildman–Crippen LogP) is 1.21. The third-order valence-corrected chi connectivity index (χ3v) is 4.20. The monoisotopic (exact) mass is 281 g/mol. The maximum Gasteiger partial charge on any atom is 0.179 e. The Morgan fingerprint density at radius 3 is 3.00 bits per heavy atom. The first-order chi connectivity index (χ1) is 9.07. The fourth-order valence-corrected chi connectivity index (χ4v) is 2.86. The van der Waals surface area contributed by atoms with Crippen molar-refractivity contribution < 1.29 is 8.42 Å². The molecule has 0 atom stereocenters. The Hall–Kier alpha value is -1.40. The van der Waals surface area contributed by atoms with E-state index in [1.165, 1.54) is 11.8 Å². The molecule has 0 fully saturated rings. The van der Waals surface area contributed by atoms with E-state index >= 15 is 0 Å². The number of hydrogen-bond acceptors (Lipinski definition) is 5. The molecule has 19 heavy (non-hydrogen) atoms. The molecule has 1 aliphatic heterocycles. The molecule has 0 aromatic carbocycles. The van der Waals surface area contributed by atoms with Crippen molar-refractivity contribution in [3.8, 4) is 0 Å². The first-order valence-electron chi connectivity index (χ1n) is 6.35. The number of sulfone groups is 1. The molecule has 104 valence electrons. The van der Waals surface area contributed by atoms with Gasteiger partial charge in [-0.1, -0.05) is 11.6 Å². The molecule has 0 bridgehead atoms. The Labute approximate surface area is 114 Å². The Kier molecular flexibility index (Phi) is 4.55. The zero-order valence-corrected chi connectivity index (χ0v) is 11.8. The Morgan fingerprint density at radius 2 is 2.32 bits per heavy atom. The van der Waals surface area contributed by atoms with Crippen LogP contribution in [0.15, 0.2) is 34.9 Å². The van der Waals surface area contributed by atoms with E-state index in [-0.39, 0.29) is 4.90 Å². The van der Waals surface area contributed by atoms with Crippen LogP contribution >= 0.6 is 0 Å². The van der Waals surface area contributed by atoms with Gasteiger partial charge < -0.3 is 10.6 Å². The van der Waals surface area contributed by atoms with Crippen LogP contribution in [0.5, 0.6) is 0 Å². The minimum atomic E-state index is -3.24. The van der Waals surface area contributed by atoms with E-state index in [4.69, 9.17) is 0 Å². The summed E-state index contributed by atoms with van der Waals surface area (Å²) in [6, 6.07) is 3.21. The molecule has 1 aromatic heterocycles. The van der Waals surface area contributed by atoms with Crippen LogP contribution in [0, 0.1) is 0 Å². The third kappa shape index (κ3) is 4.04. The molecule has 0 radical (unpaired) electrons. The van der Waals surface area contributed by atoms with Crippen molar-refractivity contribution in [3.05, 3.63) is 30.0 Å².